The number of nitrogens with zero attached hydrogens (tertiary/aromatic N) is 2. The Labute approximate surface area is 154 Å². The molecule has 2 fully saturated rings. The molecule has 6 heteroatoms. The molecule has 0 bridgehead atoms. The van der Waals surface area contributed by atoms with Crippen molar-refractivity contribution in [3.8, 4) is 0 Å². The number of hydrogen-bond acceptors (Lipinski definition) is 3. The molecule has 0 saturated carbocycles. The number of carbonyl (C=O) groups is 1. The van der Waals surface area contributed by atoms with Crippen LogP contribution in [0.2, 0.25) is 0 Å². The maximum Gasteiger partial charge on any atom is 0.225 e. The molecule has 1 unspecified atom stereocenters. The first-order chi connectivity index (χ1) is 12.4. The lowest BCUT2D eigenvalue weighted by molar-refractivity contribution is -0.135. The number of hydrogen-bond donors (Lipinski definition) is 1. The fourth-order valence-electron chi connectivity index (χ4n) is 4.00. The van der Waals surface area contributed by atoms with Crippen molar-refractivity contribution in [3.63, 3.8) is 0 Å². The third-order valence-electron chi connectivity index (χ3n) is 5.46. The van der Waals surface area contributed by atoms with E-state index in [0.29, 0.717) is 12.1 Å². The van der Waals surface area contributed by atoms with E-state index in [1.54, 1.807) is 6.07 Å². The second kappa shape index (κ2) is 8.33. The average Bonchev–Trinajstić information content (AvgIpc) is 2.64. The lowest BCUT2D eigenvalue weighted by Gasteiger charge is -2.39. The number of rotatable bonds is 4. The number of halogens is 2. The molecular weight excluding hydrogens is 336 g/mol. The molecule has 26 heavy (non-hydrogen) atoms. The molecule has 2 heterocycles. The summed E-state index contributed by atoms with van der Waals surface area (Å²) in [5.74, 6) is -1.30. The van der Waals surface area contributed by atoms with Gasteiger partial charge in [-0.3, -0.25) is 4.79 Å². The minimum Gasteiger partial charge on any atom is -0.371 e. The van der Waals surface area contributed by atoms with Crippen LogP contribution in [0, 0.1) is 17.6 Å². The second-order valence-corrected chi connectivity index (χ2v) is 7.80. The van der Waals surface area contributed by atoms with Gasteiger partial charge >= 0.3 is 0 Å². The molecule has 1 atom stereocenters. The maximum absolute atomic E-state index is 13.4. The van der Waals surface area contributed by atoms with Gasteiger partial charge in [-0.05, 0) is 37.8 Å². The number of amides is 1. The number of piperidine rings is 2. The van der Waals surface area contributed by atoms with Crippen molar-refractivity contribution < 1.29 is 13.6 Å². The van der Waals surface area contributed by atoms with Crippen molar-refractivity contribution in [2.45, 2.75) is 51.6 Å². The predicted octanol–water partition coefficient (Wildman–Crippen LogP) is 3.17. The normalized spacial score (nSPS) is 22.1. The fourth-order valence-corrected chi connectivity index (χ4v) is 4.00. The summed E-state index contributed by atoms with van der Waals surface area (Å²) in [6, 6.07) is 4.88. The van der Waals surface area contributed by atoms with E-state index in [9.17, 15) is 13.6 Å². The van der Waals surface area contributed by atoms with Gasteiger partial charge in [-0.15, -0.1) is 0 Å². The molecule has 1 aromatic carbocycles. The molecule has 4 nitrogen and oxygen atoms in total. The molecule has 2 saturated heterocycles. The van der Waals surface area contributed by atoms with Gasteiger partial charge in [-0.1, -0.05) is 13.8 Å². The quantitative estimate of drug-likeness (QED) is 0.890. The molecule has 0 radical (unpaired) electrons. The van der Waals surface area contributed by atoms with Gasteiger partial charge in [0.05, 0.1) is 0 Å². The number of likely N-dealkylation sites (tertiary alicyclic amines) is 1. The van der Waals surface area contributed by atoms with Crippen LogP contribution >= 0.6 is 0 Å². The highest BCUT2D eigenvalue weighted by Crippen LogP contribution is 2.23. The summed E-state index contributed by atoms with van der Waals surface area (Å²) in [5, 5.41) is 3.72. The van der Waals surface area contributed by atoms with E-state index in [1.807, 2.05) is 18.7 Å². The Hall–Kier alpha value is -1.69. The molecule has 1 amide bonds. The first-order valence-electron chi connectivity index (χ1n) is 9.69. The topological polar surface area (TPSA) is 35.6 Å². The van der Waals surface area contributed by atoms with Gasteiger partial charge in [-0.25, -0.2) is 8.78 Å². The number of nitrogens with one attached hydrogen (secondary N) is 1. The van der Waals surface area contributed by atoms with Crippen LogP contribution in [-0.4, -0.2) is 49.1 Å². The van der Waals surface area contributed by atoms with Gasteiger partial charge in [-0.2, -0.15) is 0 Å². The van der Waals surface area contributed by atoms with E-state index in [4.69, 9.17) is 0 Å². The van der Waals surface area contributed by atoms with Gasteiger partial charge in [0.1, 0.15) is 0 Å². The van der Waals surface area contributed by atoms with Crippen molar-refractivity contribution >= 4 is 11.6 Å². The van der Waals surface area contributed by atoms with Crippen LogP contribution in [0.5, 0.6) is 0 Å². The molecule has 3 rings (SSSR count). The highest BCUT2D eigenvalue weighted by Gasteiger charge is 2.28. The summed E-state index contributed by atoms with van der Waals surface area (Å²) < 4.78 is 26.5. The first kappa shape index (κ1) is 19.1. The Bertz CT molecular complexity index is 629. The number of carbonyl (C=O) groups excluding carboxylic acids is 1. The van der Waals surface area contributed by atoms with Crippen molar-refractivity contribution in [2.24, 2.45) is 5.92 Å². The van der Waals surface area contributed by atoms with Crippen molar-refractivity contribution in [1.82, 2.24) is 10.2 Å². The molecule has 2 aliphatic heterocycles. The Morgan fingerprint density at radius 1 is 1.08 bits per heavy atom. The summed E-state index contributed by atoms with van der Waals surface area (Å²) in [5.41, 5.74) is 0.744. The van der Waals surface area contributed by atoms with E-state index in [0.717, 1.165) is 57.5 Å². The van der Waals surface area contributed by atoms with Crippen molar-refractivity contribution in [2.75, 3.05) is 31.1 Å². The minimum absolute atomic E-state index is 0.0492. The van der Waals surface area contributed by atoms with Crippen LogP contribution in [0.3, 0.4) is 0 Å². The van der Waals surface area contributed by atoms with Gasteiger partial charge in [0, 0.05) is 55.9 Å². The van der Waals surface area contributed by atoms with Crippen LogP contribution in [0.1, 0.15) is 39.5 Å². The van der Waals surface area contributed by atoms with Gasteiger partial charge in [0.15, 0.2) is 11.6 Å². The molecule has 1 N–H and O–H groups in total. The largest absolute Gasteiger partial charge is 0.371 e. The average molecular weight is 365 g/mol. The van der Waals surface area contributed by atoms with E-state index < -0.39 is 11.6 Å². The van der Waals surface area contributed by atoms with Crippen LogP contribution in [0.15, 0.2) is 18.2 Å². The summed E-state index contributed by atoms with van der Waals surface area (Å²) in [7, 11) is 0. The van der Waals surface area contributed by atoms with E-state index in [-0.39, 0.29) is 11.8 Å². The van der Waals surface area contributed by atoms with E-state index >= 15 is 0 Å². The third-order valence-corrected chi connectivity index (χ3v) is 5.46. The van der Waals surface area contributed by atoms with Gasteiger partial charge in [0.2, 0.25) is 5.91 Å². The smallest absolute Gasteiger partial charge is 0.225 e. The fraction of sp³-hybridized carbons (Fsp3) is 0.650. The summed E-state index contributed by atoms with van der Waals surface area (Å²) >= 11 is 0. The first-order valence-corrected chi connectivity index (χ1v) is 9.69. The predicted molar refractivity (Wildman–Crippen MR) is 99.2 cm³/mol. The molecule has 0 aliphatic carbocycles. The van der Waals surface area contributed by atoms with Crippen LogP contribution in [0.4, 0.5) is 14.5 Å². The molecule has 144 valence electrons. The summed E-state index contributed by atoms with van der Waals surface area (Å²) in [6.45, 7) is 7.21. The van der Waals surface area contributed by atoms with Crippen molar-refractivity contribution in [3.05, 3.63) is 29.8 Å². The van der Waals surface area contributed by atoms with Crippen LogP contribution in [0.25, 0.3) is 0 Å². The van der Waals surface area contributed by atoms with E-state index in [1.165, 1.54) is 12.1 Å². The van der Waals surface area contributed by atoms with Crippen LogP contribution in [-0.2, 0) is 4.79 Å². The minimum atomic E-state index is -0.803. The number of benzene rings is 1. The van der Waals surface area contributed by atoms with Gasteiger partial charge in [0.25, 0.3) is 0 Å². The molecular formula is C20H29F2N3O. The highest BCUT2D eigenvalue weighted by atomic mass is 19.2. The lowest BCUT2D eigenvalue weighted by atomic mass is 9.99. The van der Waals surface area contributed by atoms with Crippen LogP contribution < -0.4 is 10.2 Å². The highest BCUT2D eigenvalue weighted by molar-refractivity contribution is 5.78. The Morgan fingerprint density at radius 3 is 2.46 bits per heavy atom. The summed E-state index contributed by atoms with van der Waals surface area (Å²) in [6.07, 6.45) is 4.08. The molecule has 2 aliphatic rings. The Morgan fingerprint density at radius 2 is 1.81 bits per heavy atom. The molecule has 0 aromatic heterocycles. The lowest BCUT2D eigenvalue weighted by Crippen LogP contribution is -2.53. The molecule has 0 spiro atoms. The maximum atomic E-state index is 13.4. The zero-order valence-corrected chi connectivity index (χ0v) is 15.7. The standard InChI is InChI=1S/C20H29F2N3O/c1-14(2)20(26)25-9-3-4-16(13-25)23-15-7-10-24(11-8-15)17-5-6-18(21)19(22)12-17/h5-6,12,14-16,23H,3-4,7-11,13H2,1-2H3. The van der Waals surface area contributed by atoms with Gasteiger partial charge < -0.3 is 15.1 Å². The monoisotopic (exact) mass is 365 g/mol. The zero-order chi connectivity index (χ0) is 18.7. The van der Waals surface area contributed by atoms with E-state index in [2.05, 4.69) is 10.2 Å². The van der Waals surface area contributed by atoms with Crippen molar-refractivity contribution in [1.29, 1.82) is 0 Å². The SMILES string of the molecule is CC(C)C(=O)N1CCCC(NC2CCN(c3ccc(F)c(F)c3)CC2)C1. The third kappa shape index (κ3) is 4.53. The zero-order valence-electron chi connectivity index (χ0n) is 15.7. The molecule has 1 aromatic rings. The number of anilines is 1. The Kier molecular flexibility index (Phi) is 6.12. The second-order valence-electron chi connectivity index (χ2n) is 7.80. The Balaban J connectivity index is 1.49. The summed E-state index contributed by atoms with van der Waals surface area (Å²) in [4.78, 5) is 16.3.